The molecule has 1 aromatic carbocycles. The van der Waals surface area contributed by atoms with Crippen LogP contribution in [-0.4, -0.2) is 13.0 Å². The molecule has 0 aromatic heterocycles. The molecule has 3 heteroatoms. The molecule has 0 heterocycles. The summed E-state index contributed by atoms with van der Waals surface area (Å²) in [6.07, 6.45) is 0. The number of carbonyl (C=O) groups excluding carboxylic acids is 1. The summed E-state index contributed by atoms with van der Waals surface area (Å²) in [6, 6.07) is 6.53. The molecule has 1 radical (unpaired) electrons. The number of carbonyl (C=O) groups is 1. The Morgan fingerprint density at radius 3 is 3.00 bits per heavy atom. The molecule has 1 N–H and O–H groups in total. The van der Waals surface area contributed by atoms with Crippen LogP contribution in [0.2, 0.25) is 0 Å². The maximum atomic E-state index is 12.7. The Hall–Kier alpha value is -1.38. The van der Waals surface area contributed by atoms with Crippen molar-refractivity contribution in [3.05, 3.63) is 35.6 Å². The molecule has 0 unspecified atom stereocenters. The van der Waals surface area contributed by atoms with Gasteiger partial charge in [-0.25, -0.2) is 4.39 Å². The third-order valence-electron chi connectivity index (χ3n) is 1.29. The van der Waals surface area contributed by atoms with Gasteiger partial charge in [-0.3, -0.25) is 4.79 Å². The fourth-order valence-electron chi connectivity index (χ4n) is 0.729. The molecule has 0 fully saturated rings. The predicted molar refractivity (Wildman–Crippen MR) is 38.6 cm³/mol. The fourth-order valence-corrected chi connectivity index (χ4v) is 0.729. The zero-order chi connectivity index (χ0) is 8.27. The summed E-state index contributed by atoms with van der Waals surface area (Å²) in [4.78, 5) is 10.9. The van der Waals surface area contributed by atoms with Gasteiger partial charge in [-0.15, -0.1) is 0 Å². The highest BCUT2D eigenvalue weighted by molar-refractivity contribution is 5.94. The molecule has 2 nitrogen and oxygen atoms in total. The van der Waals surface area contributed by atoms with Crippen LogP contribution in [-0.2, 0) is 0 Å². The van der Waals surface area contributed by atoms with Crippen LogP contribution in [0.25, 0.3) is 0 Å². The third-order valence-corrected chi connectivity index (χ3v) is 1.29. The molecule has 0 atom stereocenters. The smallest absolute Gasteiger partial charge is 0.253 e. The van der Waals surface area contributed by atoms with E-state index in [9.17, 15) is 9.18 Å². The van der Waals surface area contributed by atoms with E-state index in [-0.39, 0.29) is 5.56 Å². The van der Waals surface area contributed by atoms with E-state index in [1.54, 1.807) is 0 Å². The molecule has 0 saturated carbocycles. The lowest BCUT2D eigenvalue weighted by molar-refractivity contribution is 0.0959. The van der Waals surface area contributed by atoms with Crippen molar-refractivity contribution in [2.45, 2.75) is 0 Å². The molecule has 0 spiro atoms. The van der Waals surface area contributed by atoms with Crippen LogP contribution >= 0.6 is 0 Å². The molecule has 11 heavy (non-hydrogen) atoms. The van der Waals surface area contributed by atoms with Gasteiger partial charge in [0.15, 0.2) is 0 Å². The minimum absolute atomic E-state index is 0.0475. The quantitative estimate of drug-likeness (QED) is 0.638. The van der Waals surface area contributed by atoms with E-state index in [2.05, 4.69) is 11.4 Å². The zero-order valence-electron chi connectivity index (χ0n) is 6.02. The number of amides is 1. The first-order chi connectivity index (χ1) is 5.25. The fraction of sp³-hybridized carbons (Fsp3) is 0.125. The molecule has 1 aromatic rings. The average Bonchev–Trinajstić information content (AvgIpc) is 2.04. The van der Waals surface area contributed by atoms with Crippen LogP contribution in [0.3, 0.4) is 0 Å². The largest absolute Gasteiger partial charge is 0.355 e. The summed E-state index contributed by atoms with van der Waals surface area (Å²) >= 11 is 0. The summed E-state index contributed by atoms with van der Waals surface area (Å²) in [7, 11) is 1.46. The van der Waals surface area contributed by atoms with Crippen molar-refractivity contribution >= 4 is 5.91 Å². The van der Waals surface area contributed by atoms with Gasteiger partial charge in [0.25, 0.3) is 5.91 Å². The third kappa shape index (κ3) is 1.55. The Morgan fingerprint density at radius 2 is 2.45 bits per heavy atom. The van der Waals surface area contributed by atoms with Gasteiger partial charge in [0, 0.05) is 7.05 Å². The highest BCUT2D eigenvalue weighted by Gasteiger charge is 2.07. The summed E-state index contributed by atoms with van der Waals surface area (Å²) < 4.78 is 12.7. The SMILES string of the molecule is CNC(=O)c1cc[c]cc1F. The van der Waals surface area contributed by atoms with Gasteiger partial charge in [0.2, 0.25) is 0 Å². The lowest BCUT2D eigenvalue weighted by atomic mass is 10.2. The van der Waals surface area contributed by atoms with Gasteiger partial charge in [0.1, 0.15) is 5.82 Å². The highest BCUT2D eigenvalue weighted by atomic mass is 19.1. The van der Waals surface area contributed by atoms with Gasteiger partial charge in [-0.1, -0.05) is 6.07 Å². The van der Waals surface area contributed by atoms with Gasteiger partial charge in [0.05, 0.1) is 5.56 Å². The van der Waals surface area contributed by atoms with Crippen molar-refractivity contribution in [2.75, 3.05) is 7.05 Å². The summed E-state index contributed by atoms with van der Waals surface area (Å²) in [5.41, 5.74) is 0.0475. The number of halogens is 1. The van der Waals surface area contributed by atoms with E-state index in [4.69, 9.17) is 0 Å². The first-order valence-electron chi connectivity index (χ1n) is 3.13. The number of rotatable bonds is 1. The van der Waals surface area contributed by atoms with Crippen molar-refractivity contribution in [1.29, 1.82) is 0 Å². The van der Waals surface area contributed by atoms with Crippen LogP contribution in [0.15, 0.2) is 18.2 Å². The number of benzene rings is 1. The lowest BCUT2D eigenvalue weighted by Crippen LogP contribution is -2.18. The second-order valence-corrected chi connectivity index (χ2v) is 1.99. The summed E-state index contributed by atoms with van der Waals surface area (Å²) in [6.45, 7) is 0. The summed E-state index contributed by atoms with van der Waals surface area (Å²) in [5, 5.41) is 2.33. The monoisotopic (exact) mass is 152 g/mol. The Labute approximate surface area is 64.0 Å². The van der Waals surface area contributed by atoms with Crippen LogP contribution in [0, 0.1) is 11.9 Å². The van der Waals surface area contributed by atoms with Crippen molar-refractivity contribution in [2.24, 2.45) is 0 Å². The molecule has 1 amide bonds. The Balaban J connectivity index is 3.03. The van der Waals surface area contributed by atoms with Crippen molar-refractivity contribution < 1.29 is 9.18 Å². The van der Waals surface area contributed by atoms with Gasteiger partial charge in [-0.05, 0) is 18.2 Å². The van der Waals surface area contributed by atoms with Crippen LogP contribution in [0.1, 0.15) is 10.4 Å². The van der Waals surface area contributed by atoms with Gasteiger partial charge >= 0.3 is 0 Å². The van der Waals surface area contributed by atoms with Crippen molar-refractivity contribution in [3.8, 4) is 0 Å². The van der Waals surface area contributed by atoms with E-state index in [1.807, 2.05) is 0 Å². The van der Waals surface area contributed by atoms with E-state index in [1.165, 1.54) is 19.2 Å². The number of hydrogen-bond acceptors (Lipinski definition) is 1. The first kappa shape index (κ1) is 7.72. The minimum Gasteiger partial charge on any atom is -0.355 e. The maximum absolute atomic E-state index is 12.7. The van der Waals surface area contributed by atoms with E-state index < -0.39 is 11.7 Å². The van der Waals surface area contributed by atoms with Crippen LogP contribution in [0.4, 0.5) is 4.39 Å². The van der Waals surface area contributed by atoms with Gasteiger partial charge in [-0.2, -0.15) is 0 Å². The molecular weight excluding hydrogens is 145 g/mol. The number of nitrogens with one attached hydrogen (secondary N) is 1. The minimum atomic E-state index is -0.549. The molecular formula is C8H7FNO. The van der Waals surface area contributed by atoms with E-state index >= 15 is 0 Å². The Morgan fingerprint density at radius 1 is 1.73 bits per heavy atom. The Bertz CT molecular complexity index is 273. The molecule has 0 aliphatic rings. The highest BCUT2D eigenvalue weighted by Crippen LogP contribution is 2.04. The molecule has 57 valence electrons. The predicted octanol–water partition coefficient (Wildman–Crippen LogP) is 0.985. The second kappa shape index (κ2) is 3.14. The molecule has 0 bridgehead atoms. The zero-order valence-corrected chi connectivity index (χ0v) is 6.02. The van der Waals surface area contributed by atoms with Crippen LogP contribution < -0.4 is 5.32 Å². The van der Waals surface area contributed by atoms with Crippen molar-refractivity contribution in [3.63, 3.8) is 0 Å². The standard InChI is InChI=1S/C8H7FNO/c1-10-8(11)6-4-2-3-5-7(6)9/h2,4-5H,1H3,(H,10,11). The maximum Gasteiger partial charge on any atom is 0.253 e. The molecule has 0 saturated heterocycles. The lowest BCUT2D eigenvalue weighted by Gasteiger charge is -1.98. The average molecular weight is 152 g/mol. The van der Waals surface area contributed by atoms with Gasteiger partial charge < -0.3 is 5.32 Å². The van der Waals surface area contributed by atoms with E-state index in [0.29, 0.717) is 0 Å². The molecule has 0 aliphatic heterocycles. The summed E-state index contributed by atoms with van der Waals surface area (Å²) in [5.74, 6) is -0.969. The number of hydrogen-bond donors (Lipinski definition) is 1. The van der Waals surface area contributed by atoms with Crippen LogP contribution in [0.5, 0.6) is 0 Å². The first-order valence-corrected chi connectivity index (χ1v) is 3.13. The normalized spacial score (nSPS) is 9.27. The Kier molecular flexibility index (Phi) is 2.21. The van der Waals surface area contributed by atoms with E-state index in [0.717, 1.165) is 6.07 Å². The van der Waals surface area contributed by atoms with Crippen molar-refractivity contribution in [1.82, 2.24) is 5.32 Å². The topological polar surface area (TPSA) is 29.1 Å². The molecule has 0 aliphatic carbocycles. The second-order valence-electron chi connectivity index (χ2n) is 1.99. The molecule has 1 rings (SSSR count).